The van der Waals surface area contributed by atoms with E-state index in [1.54, 1.807) is 0 Å². The Balaban J connectivity index is 2.22. The molecule has 1 N–H and O–H groups in total. The monoisotopic (exact) mass is 129 g/mol. The molecule has 52 valence electrons. The highest BCUT2D eigenvalue weighted by Crippen LogP contribution is 2.09. The van der Waals surface area contributed by atoms with E-state index in [4.69, 9.17) is 4.84 Å². The van der Waals surface area contributed by atoms with Gasteiger partial charge in [-0.3, -0.25) is 9.63 Å². The zero-order valence-corrected chi connectivity index (χ0v) is 5.52. The SMILES string of the molecule is CCCC1CC(=O)NO1. The third kappa shape index (κ3) is 1.68. The van der Waals surface area contributed by atoms with E-state index >= 15 is 0 Å². The molecule has 1 saturated heterocycles. The van der Waals surface area contributed by atoms with Crippen LogP contribution in [0.15, 0.2) is 0 Å². The topological polar surface area (TPSA) is 38.3 Å². The first kappa shape index (κ1) is 6.55. The van der Waals surface area contributed by atoms with Gasteiger partial charge in [-0.25, -0.2) is 5.48 Å². The van der Waals surface area contributed by atoms with Crippen molar-refractivity contribution in [2.45, 2.75) is 32.3 Å². The molecule has 0 radical (unpaired) electrons. The summed E-state index contributed by atoms with van der Waals surface area (Å²) in [5, 5.41) is 0. The van der Waals surface area contributed by atoms with Gasteiger partial charge in [-0.05, 0) is 6.42 Å². The average Bonchev–Trinajstić information content (AvgIpc) is 2.17. The van der Waals surface area contributed by atoms with Gasteiger partial charge in [-0.1, -0.05) is 13.3 Å². The third-order valence-corrected chi connectivity index (χ3v) is 1.36. The molecule has 0 aromatic rings. The van der Waals surface area contributed by atoms with Gasteiger partial charge >= 0.3 is 0 Å². The maximum Gasteiger partial charge on any atom is 0.246 e. The fourth-order valence-electron chi connectivity index (χ4n) is 0.922. The molecule has 1 aliphatic heterocycles. The van der Waals surface area contributed by atoms with Gasteiger partial charge in [0, 0.05) is 0 Å². The van der Waals surface area contributed by atoms with E-state index in [-0.39, 0.29) is 12.0 Å². The van der Waals surface area contributed by atoms with Crippen molar-refractivity contribution >= 4 is 5.91 Å². The minimum atomic E-state index is 0.00782. The van der Waals surface area contributed by atoms with Crippen LogP contribution >= 0.6 is 0 Å². The van der Waals surface area contributed by atoms with Gasteiger partial charge in [-0.2, -0.15) is 0 Å². The van der Waals surface area contributed by atoms with E-state index in [2.05, 4.69) is 12.4 Å². The summed E-state index contributed by atoms with van der Waals surface area (Å²) >= 11 is 0. The summed E-state index contributed by atoms with van der Waals surface area (Å²) in [4.78, 5) is 15.4. The maximum absolute atomic E-state index is 10.5. The minimum Gasteiger partial charge on any atom is -0.273 e. The molecule has 1 heterocycles. The summed E-state index contributed by atoms with van der Waals surface area (Å²) in [7, 11) is 0. The predicted molar refractivity (Wildman–Crippen MR) is 32.5 cm³/mol. The number of hydrogen-bond acceptors (Lipinski definition) is 2. The number of rotatable bonds is 2. The second-order valence-corrected chi connectivity index (χ2v) is 2.26. The van der Waals surface area contributed by atoms with Crippen molar-refractivity contribution in [3.63, 3.8) is 0 Å². The summed E-state index contributed by atoms with van der Waals surface area (Å²) in [5.74, 6) is 0.00782. The van der Waals surface area contributed by atoms with Gasteiger partial charge in [0.25, 0.3) is 0 Å². The molecule has 1 unspecified atom stereocenters. The normalized spacial score (nSPS) is 26.3. The lowest BCUT2D eigenvalue weighted by Crippen LogP contribution is -2.12. The van der Waals surface area contributed by atoms with Crippen molar-refractivity contribution in [2.75, 3.05) is 0 Å². The quantitative estimate of drug-likeness (QED) is 0.593. The Labute approximate surface area is 54.3 Å². The molecule has 0 aliphatic carbocycles. The Bertz CT molecular complexity index is 114. The van der Waals surface area contributed by atoms with Gasteiger partial charge in [0.1, 0.15) is 0 Å². The molecular weight excluding hydrogens is 118 g/mol. The van der Waals surface area contributed by atoms with Crippen LogP contribution in [-0.2, 0) is 9.63 Å². The van der Waals surface area contributed by atoms with Crippen molar-refractivity contribution in [3.05, 3.63) is 0 Å². The van der Waals surface area contributed by atoms with Crippen LogP contribution in [0, 0.1) is 0 Å². The molecule has 0 saturated carbocycles. The molecule has 1 amide bonds. The number of nitrogens with one attached hydrogen (secondary N) is 1. The number of carbonyl (C=O) groups is 1. The maximum atomic E-state index is 10.5. The predicted octanol–water partition coefficient (Wildman–Crippen LogP) is 0.607. The molecule has 0 bridgehead atoms. The van der Waals surface area contributed by atoms with Crippen molar-refractivity contribution < 1.29 is 9.63 Å². The van der Waals surface area contributed by atoms with Crippen LogP contribution in [0.3, 0.4) is 0 Å². The Kier molecular flexibility index (Phi) is 2.05. The Hall–Kier alpha value is -0.570. The molecular formula is C6H11NO2. The number of amides is 1. The number of carbonyl (C=O) groups excluding carboxylic acids is 1. The Morgan fingerprint density at radius 1 is 1.89 bits per heavy atom. The first-order valence-corrected chi connectivity index (χ1v) is 3.27. The number of hydrogen-bond donors (Lipinski definition) is 1. The minimum absolute atomic E-state index is 0.00782. The van der Waals surface area contributed by atoms with Crippen molar-refractivity contribution in [3.8, 4) is 0 Å². The zero-order valence-electron chi connectivity index (χ0n) is 5.52. The number of hydroxylamine groups is 1. The first-order chi connectivity index (χ1) is 4.33. The average molecular weight is 129 g/mol. The molecule has 1 aliphatic rings. The van der Waals surface area contributed by atoms with Gasteiger partial charge < -0.3 is 0 Å². The second kappa shape index (κ2) is 2.82. The smallest absolute Gasteiger partial charge is 0.246 e. The molecule has 0 aromatic heterocycles. The van der Waals surface area contributed by atoms with Crippen molar-refractivity contribution in [1.29, 1.82) is 0 Å². The summed E-state index contributed by atoms with van der Waals surface area (Å²) in [6, 6.07) is 0. The van der Waals surface area contributed by atoms with E-state index in [9.17, 15) is 4.79 Å². The molecule has 1 rings (SSSR count). The van der Waals surface area contributed by atoms with E-state index in [1.807, 2.05) is 0 Å². The van der Waals surface area contributed by atoms with E-state index in [1.165, 1.54) is 0 Å². The van der Waals surface area contributed by atoms with Crippen LogP contribution < -0.4 is 5.48 Å². The van der Waals surface area contributed by atoms with E-state index in [0.29, 0.717) is 6.42 Å². The lowest BCUT2D eigenvalue weighted by Gasteiger charge is -2.01. The third-order valence-electron chi connectivity index (χ3n) is 1.36. The first-order valence-electron chi connectivity index (χ1n) is 3.27. The summed E-state index contributed by atoms with van der Waals surface area (Å²) < 4.78 is 0. The summed E-state index contributed by atoms with van der Waals surface area (Å²) in [6.07, 6.45) is 2.70. The van der Waals surface area contributed by atoms with Gasteiger partial charge in [-0.15, -0.1) is 0 Å². The van der Waals surface area contributed by atoms with Gasteiger partial charge in [0.15, 0.2) is 0 Å². The summed E-state index contributed by atoms with van der Waals surface area (Å²) in [6.45, 7) is 2.08. The highest BCUT2D eigenvalue weighted by atomic mass is 16.7. The van der Waals surface area contributed by atoms with Gasteiger partial charge in [0.2, 0.25) is 5.91 Å². The molecule has 3 nitrogen and oxygen atoms in total. The molecule has 3 heteroatoms. The van der Waals surface area contributed by atoms with Crippen LogP contribution in [0.1, 0.15) is 26.2 Å². The highest BCUT2D eigenvalue weighted by molar-refractivity contribution is 5.76. The van der Waals surface area contributed by atoms with Crippen LogP contribution in [0.2, 0.25) is 0 Å². The zero-order chi connectivity index (χ0) is 6.69. The van der Waals surface area contributed by atoms with E-state index < -0.39 is 0 Å². The fourth-order valence-corrected chi connectivity index (χ4v) is 0.922. The Morgan fingerprint density at radius 3 is 3.11 bits per heavy atom. The summed E-state index contributed by atoms with van der Waals surface area (Å²) in [5.41, 5.74) is 2.32. The second-order valence-electron chi connectivity index (χ2n) is 2.26. The van der Waals surface area contributed by atoms with Crippen LogP contribution in [0.25, 0.3) is 0 Å². The van der Waals surface area contributed by atoms with Crippen LogP contribution in [0.4, 0.5) is 0 Å². The van der Waals surface area contributed by atoms with Crippen LogP contribution in [-0.4, -0.2) is 12.0 Å². The molecule has 1 fully saturated rings. The van der Waals surface area contributed by atoms with Gasteiger partial charge in [0.05, 0.1) is 12.5 Å². The highest BCUT2D eigenvalue weighted by Gasteiger charge is 2.21. The van der Waals surface area contributed by atoms with E-state index in [0.717, 1.165) is 12.8 Å². The molecule has 9 heavy (non-hydrogen) atoms. The fraction of sp³-hybridized carbons (Fsp3) is 0.833. The standard InChI is InChI=1S/C6H11NO2/c1-2-3-5-4-6(8)7-9-5/h5H,2-4H2,1H3,(H,7,8). The molecule has 1 atom stereocenters. The van der Waals surface area contributed by atoms with Crippen molar-refractivity contribution in [1.82, 2.24) is 5.48 Å². The molecule has 0 aromatic carbocycles. The lowest BCUT2D eigenvalue weighted by atomic mass is 10.1. The van der Waals surface area contributed by atoms with Crippen LogP contribution in [0.5, 0.6) is 0 Å². The molecule has 0 spiro atoms. The largest absolute Gasteiger partial charge is 0.273 e. The Morgan fingerprint density at radius 2 is 2.67 bits per heavy atom. The van der Waals surface area contributed by atoms with Crippen molar-refractivity contribution in [2.24, 2.45) is 0 Å². The lowest BCUT2D eigenvalue weighted by molar-refractivity contribution is -0.124.